The molecular formula is C13H19FN2O2. The van der Waals surface area contributed by atoms with Gasteiger partial charge in [0.1, 0.15) is 5.82 Å². The molecule has 0 aliphatic rings. The molecule has 2 N–H and O–H groups in total. The van der Waals surface area contributed by atoms with Crippen molar-refractivity contribution in [1.29, 1.82) is 0 Å². The van der Waals surface area contributed by atoms with Crippen LogP contribution in [-0.4, -0.2) is 38.3 Å². The van der Waals surface area contributed by atoms with Gasteiger partial charge in [0.05, 0.1) is 5.56 Å². The van der Waals surface area contributed by atoms with Gasteiger partial charge in [0.25, 0.3) is 5.91 Å². The van der Waals surface area contributed by atoms with Crippen molar-refractivity contribution < 1.29 is 14.3 Å². The van der Waals surface area contributed by atoms with Gasteiger partial charge in [-0.1, -0.05) is 6.92 Å². The van der Waals surface area contributed by atoms with Gasteiger partial charge < -0.3 is 15.3 Å². The normalized spacial score (nSPS) is 12.1. The van der Waals surface area contributed by atoms with E-state index in [1.54, 1.807) is 32.0 Å². The summed E-state index contributed by atoms with van der Waals surface area (Å²) in [6, 6.07) is 4.47. The highest BCUT2D eigenvalue weighted by Gasteiger charge is 2.13. The highest BCUT2D eigenvalue weighted by Crippen LogP contribution is 2.16. The predicted molar refractivity (Wildman–Crippen MR) is 69.3 cm³/mol. The first-order valence-electron chi connectivity index (χ1n) is 5.81. The lowest BCUT2D eigenvalue weighted by Crippen LogP contribution is -2.30. The maximum Gasteiger partial charge on any atom is 0.254 e. The molecule has 4 nitrogen and oxygen atoms in total. The van der Waals surface area contributed by atoms with E-state index in [1.165, 1.54) is 12.1 Å². The Hall–Kier alpha value is -1.62. The van der Waals surface area contributed by atoms with E-state index in [4.69, 9.17) is 5.11 Å². The van der Waals surface area contributed by atoms with Crippen LogP contribution >= 0.6 is 0 Å². The first kappa shape index (κ1) is 14.4. The molecule has 1 amide bonds. The molecule has 1 atom stereocenters. The van der Waals surface area contributed by atoms with Crippen LogP contribution in [0.25, 0.3) is 0 Å². The summed E-state index contributed by atoms with van der Waals surface area (Å²) >= 11 is 0. The zero-order chi connectivity index (χ0) is 13.7. The van der Waals surface area contributed by atoms with Crippen molar-refractivity contribution in [2.24, 2.45) is 5.92 Å². The van der Waals surface area contributed by atoms with Crippen molar-refractivity contribution in [3.63, 3.8) is 0 Å². The zero-order valence-electron chi connectivity index (χ0n) is 10.9. The van der Waals surface area contributed by atoms with E-state index in [2.05, 4.69) is 5.32 Å². The van der Waals surface area contributed by atoms with E-state index >= 15 is 0 Å². The number of halogens is 1. The van der Waals surface area contributed by atoms with Gasteiger partial charge >= 0.3 is 0 Å². The summed E-state index contributed by atoms with van der Waals surface area (Å²) in [6.45, 7) is 2.11. The molecule has 0 aromatic heterocycles. The molecule has 0 aliphatic carbocycles. The smallest absolute Gasteiger partial charge is 0.254 e. The fourth-order valence-electron chi connectivity index (χ4n) is 1.39. The number of nitrogens with zero attached hydrogens (tertiary/aromatic N) is 1. The Bertz CT molecular complexity index is 421. The molecule has 1 rings (SSSR count). The van der Waals surface area contributed by atoms with Crippen molar-refractivity contribution in [3.05, 3.63) is 29.6 Å². The van der Waals surface area contributed by atoms with Gasteiger partial charge in [-0.2, -0.15) is 0 Å². The molecule has 0 bridgehead atoms. The number of hydrogen-bond acceptors (Lipinski definition) is 3. The van der Waals surface area contributed by atoms with E-state index in [9.17, 15) is 9.18 Å². The van der Waals surface area contributed by atoms with Crippen LogP contribution in [0.4, 0.5) is 10.1 Å². The molecule has 5 heteroatoms. The minimum Gasteiger partial charge on any atom is -0.396 e. The Morgan fingerprint density at radius 3 is 2.67 bits per heavy atom. The molecular weight excluding hydrogens is 235 g/mol. The molecule has 0 saturated heterocycles. The first-order valence-corrected chi connectivity index (χ1v) is 5.81. The van der Waals surface area contributed by atoms with Crippen molar-refractivity contribution in [1.82, 2.24) is 5.32 Å². The first-order chi connectivity index (χ1) is 8.45. The summed E-state index contributed by atoms with van der Waals surface area (Å²) in [5, 5.41) is 11.4. The van der Waals surface area contributed by atoms with Crippen LogP contribution in [0.1, 0.15) is 17.3 Å². The van der Waals surface area contributed by atoms with E-state index < -0.39 is 11.7 Å². The summed E-state index contributed by atoms with van der Waals surface area (Å²) in [6.07, 6.45) is 0. The van der Waals surface area contributed by atoms with Gasteiger partial charge in [0.2, 0.25) is 0 Å². The number of amides is 1. The number of aliphatic hydroxyl groups excluding tert-OH is 1. The standard InChI is InChI=1S/C13H19FN2O2/c1-9(8-17)7-15-13(18)11-5-4-10(16(2)3)6-12(11)14/h4-6,9,17H,7-8H2,1-3H3,(H,15,18). The lowest BCUT2D eigenvalue weighted by atomic mass is 10.1. The van der Waals surface area contributed by atoms with Crippen LogP contribution < -0.4 is 10.2 Å². The van der Waals surface area contributed by atoms with E-state index in [-0.39, 0.29) is 18.1 Å². The maximum absolute atomic E-state index is 13.7. The molecule has 1 aromatic rings. The summed E-state index contributed by atoms with van der Waals surface area (Å²) in [5.74, 6) is -1.05. The number of rotatable bonds is 5. The van der Waals surface area contributed by atoms with E-state index in [0.29, 0.717) is 12.2 Å². The fourth-order valence-corrected chi connectivity index (χ4v) is 1.39. The second-order valence-corrected chi connectivity index (χ2v) is 4.56. The van der Waals surface area contributed by atoms with Crippen LogP contribution in [0.3, 0.4) is 0 Å². The molecule has 100 valence electrons. The molecule has 1 aromatic carbocycles. The summed E-state index contributed by atoms with van der Waals surface area (Å²) in [5.41, 5.74) is 0.721. The average molecular weight is 254 g/mol. The molecule has 18 heavy (non-hydrogen) atoms. The van der Waals surface area contributed by atoms with Crippen molar-refractivity contribution in [2.75, 3.05) is 32.1 Å². The van der Waals surface area contributed by atoms with Gasteiger partial charge in [-0.3, -0.25) is 4.79 Å². The lowest BCUT2D eigenvalue weighted by molar-refractivity contribution is 0.0938. The second-order valence-electron chi connectivity index (χ2n) is 4.56. The minimum absolute atomic E-state index is 0.0116. The fraction of sp³-hybridized carbons (Fsp3) is 0.462. The van der Waals surface area contributed by atoms with Crippen molar-refractivity contribution in [3.8, 4) is 0 Å². The molecule has 0 fully saturated rings. The number of aliphatic hydroxyl groups is 1. The molecule has 0 aliphatic heterocycles. The number of nitrogens with one attached hydrogen (secondary N) is 1. The summed E-state index contributed by atoms with van der Waals surface area (Å²) in [7, 11) is 3.61. The Morgan fingerprint density at radius 1 is 1.50 bits per heavy atom. The average Bonchev–Trinajstić information content (AvgIpc) is 2.35. The third-order valence-electron chi connectivity index (χ3n) is 2.64. The van der Waals surface area contributed by atoms with E-state index in [1.807, 2.05) is 0 Å². The second kappa shape index (κ2) is 6.35. The SMILES string of the molecule is CC(CO)CNC(=O)c1ccc(N(C)C)cc1F. The van der Waals surface area contributed by atoms with Crippen molar-refractivity contribution >= 4 is 11.6 Å². The monoisotopic (exact) mass is 254 g/mol. The lowest BCUT2D eigenvalue weighted by Gasteiger charge is -2.14. The van der Waals surface area contributed by atoms with Crippen LogP contribution in [0, 0.1) is 11.7 Å². The zero-order valence-corrected chi connectivity index (χ0v) is 10.9. The molecule has 0 saturated carbocycles. The molecule has 1 unspecified atom stereocenters. The van der Waals surface area contributed by atoms with Gasteiger partial charge in [0, 0.05) is 32.9 Å². The van der Waals surface area contributed by atoms with Crippen LogP contribution in [0.15, 0.2) is 18.2 Å². The Morgan fingerprint density at radius 2 is 2.17 bits per heavy atom. The Kier molecular flexibility index (Phi) is 5.09. The van der Waals surface area contributed by atoms with Crippen molar-refractivity contribution in [2.45, 2.75) is 6.92 Å². The molecule has 0 radical (unpaired) electrons. The largest absolute Gasteiger partial charge is 0.396 e. The quantitative estimate of drug-likeness (QED) is 0.831. The number of hydrogen-bond donors (Lipinski definition) is 2. The minimum atomic E-state index is -0.546. The number of carbonyl (C=O) groups excluding carboxylic acids is 1. The predicted octanol–water partition coefficient (Wildman–Crippen LogP) is 1.25. The summed E-state index contributed by atoms with van der Waals surface area (Å²) < 4.78 is 13.7. The molecule has 0 spiro atoms. The third-order valence-corrected chi connectivity index (χ3v) is 2.64. The maximum atomic E-state index is 13.7. The highest BCUT2D eigenvalue weighted by molar-refractivity contribution is 5.94. The number of carbonyl (C=O) groups is 1. The molecule has 0 heterocycles. The van der Waals surface area contributed by atoms with Crippen LogP contribution in [0.5, 0.6) is 0 Å². The van der Waals surface area contributed by atoms with E-state index in [0.717, 1.165) is 0 Å². The topological polar surface area (TPSA) is 52.6 Å². The number of benzene rings is 1. The Labute approximate surface area is 106 Å². The highest BCUT2D eigenvalue weighted by atomic mass is 19.1. The van der Waals surface area contributed by atoms with Gasteiger partial charge in [-0.15, -0.1) is 0 Å². The van der Waals surface area contributed by atoms with Crippen LogP contribution in [0.2, 0.25) is 0 Å². The summed E-state index contributed by atoms with van der Waals surface area (Å²) in [4.78, 5) is 13.5. The van der Waals surface area contributed by atoms with Gasteiger partial charge in [-0.05, 0) is 24.1 Å². The van der Waals surface area contributed by atoms with Gasteiger partial charge in [-0.25, -0.2) is 4.39 Å². The van der Waals surface area contributed by atoms with Crippen LogP contribution in [-0.2, 0) is 0 Å². The Balaban J connectivity index is 2.74. The van der Waals surface area contributed by atoms with Gasteiger partial charge in [0.15, 0.2) is 0 Å². The third kappa shape index (κ3) is 3.70. The number of anilines is 1.